The summed E-state index contributed by atoms with van der Waals surface area (Å²) < 4.78 is 5.62. The first-order chi connectivity index (χ1) is 8.80. The molecule has 0 spiro atoms. The SMILES string of the molecule is CCCCOc1ccc(CC/C(=C/Cl)CN)cc1.Cl. The van der Waals surface area contributed by atoms with Crippen molar-refractivity contribution in [1.82, 2.24) is 0 Å². The van der Waals surface area contributed by atoms with Gasteiger partial charge in [0.2, 0.25) is 0 Å². The summed E-state index contributed by atoms with van der Waals surface area (Å²) in [5.74, 6) is 0.944. The average molecular weight is 304 g/mol. The van der Waals surface area contributed by atoms with Gasteiger partial charge in [-0.25, -0.2) is 0 Å². The molecule has 0 heterocycles. The number of rotatable bonds is 8. The summed E-state index contributed by atoms with van der Waals surface area (Å²) >= 11 is 5.67. The molecule has 0 aliphatic heterocycles. The van der Waals surface area contributed by atoms with E-state index in [1.807, 2.05) is 12.1 Å². The summed E-state index contributed by atoms with van der Waals surface area (Å²) in [5, 5.41) is 0. The smallest absolute Gasteiger partial charge is 0.119 e. The number of nitrogens with two attached hydrogens (primary N) is 1. The number of benzene rings is 1. The maximum absolute atomic E-state index is 5.67. The van der Waals surface area contributed by atoms with Crippen LogP contribution in [0, 0.1) is 0 Å². The van der Waals surface area contributed by atoms with Crippen LogP contribution in [0.3, 0.4) is 0 Å². The van der Waals surface area contributed by atoms with E-state index < -0.39 is 0 Å². The molecule has 4 heteroatoms. The van der Waals surface area contributed by atoms with Gasteiger partial charge in [0.05, 0.1) is 6.61 Å². The lowest BCUT2D eigenvalue weighted by Gasteiger charge is -2.07. The van der Waals surface area contributed by atoms with Gasteiger partial charge >= 0.3 is 0 Å². The van der Waals surface area contributed by atoms with Crippen molar-refractivity contribution >= 4 is 24.0 Å². The Morgan fingerprint density at radius 3 is 2.53 bits per heavy atom. The van der Waals surface area contributed by atoms with Gasteiger partial charge in [-0.3, -0.25) is 0 Å². The molecular weight excluding hydrogens is 281 g/mol. The third-order valence-electron chi connectivity index (χ3n) is 2.84. The molecule has 0 radical (unpaired) electrons. The Balaban J connectivity index is 0.00000324. The van der Waals surface area contributed by atoms with Crippen molar-refractivity contribution in [3.05, 3.63) is 40.9 Å². The number of halogens is 2. The van der Waals surface area contributed by atoms with Crippen LogP contribution in [-0.4, -0.2) is 13.2 Å². The highest BCUT2D eigenvalue weighted by Gasteiger charge is 1.98. The summed E-state index contributed by atoms with van der Waals surface area (Å²) in [6, 6.07) is 8.25. The molecule has 2 nitrogen and oxygen atoms in total. The maximum atomic E-state index is 5.67. The van der Waals surface area contributed by atoms with Crippen molar-refractivity contribution in [3.8, 4) is 5.75 Å². The summed E-state index contributed by atoms with van der Waals surface area (Å²) in [7, 11) is 0. The van der Waals surface area contributed by atoms with Crippen LogP contribution in [0.5, 0.6) is 5.75 Å². The summed E-state index contributed by atoms with van der Waals surface area (Å²) in [6.45, 7) is 3.48. The quantitative estimate of drug-likeness (QED) is 0.727. The van der Waals surface area contributed by atoms with E-state index in [4.69, 9.17) is 22.1 Å². The van der Waals surface area contributed by atoms with Gasteiger partial charge in [0.1, 0.15) is 5.75 Å². The molecule has 1 aromatic carbocycles. The van der Waals surface area contributed by atoms with Gasteiger partial charge in [-0.15, -0.1) is 12.4 Å². The normalized spacial score (nSPS) is 11.0. The van der Waals surface area contributed by atoms with E-state index in [0.717, 1.165) is 43.6 Å². The third-order valence-corrected chi connectivity index (χ3v) is 3.15. The van der Waals surface area contributed by atoms with E-state index in [-0.39, 0.29) is 12.4 Å². The fourth-order valence-corrected chi connectivity index (χ4v) is 1.79. The molecule has 1 aromatic rings. The average Bonchev–Trinajstić information content (AvgIpc) is 2.42. The molecule has 0 aromatic heterocycles. The lowest BCUT2D eigenvalue weighted by Crippen LogP contribution is -2.03. The number of hydrogen-bond acceptors (Lipinski definition) is 2. The van der Waals surface area contributed by atoms with Crippen molar-refractivity contribution in [2.45, 2.75) is 32.6 Å². The largest absolute Gasteiger partial charge is 0.494 e. The standard InChI is InChI=1S/C15H22ClNO.ClH/c1-2-3-10-18-15-8-6-13(7-9-15)4-5-14(11-16)12-17;/h6-9,11H,2-5,10,12,17H2,1H3;1H/b14-11-;. The van der Waals surface area contributed by atoms with Crippen molar-refractivity contribution in [3.63, 3.8) is 0 Å². The molecule has 2 N–H and O–H groups in total. The Labute approximate surface area is 127 Å². The predicted octanol–water partition coefficient (Wildman–Crippen LogP) is 4.30. The lowest BCUT2D eigenvalue weighted by molar-refractivity contribution is 0.309. The zero-order chi connectivity index (χ0) is 13.2. The third kappa shape index (κ3) is 7.46. The fourth-order valence-electron chi connectivity index (χ4n) is 1.59. The summed E-state index contributed by atoms with van der Waals surface area (Å²) in [5.41, 5.74) is 9.52. The topological polar surface area (TPSA) is 35.2 Å². The summed E-state index contributed by atoms with van der Waals surface area (Å²) in [4.78, 5) is 0. The van der Waals surface area contributed by atoms with Gasteiger partial charge in [0, 0.05) is 12.1 Å². The zero-order valence-electron chi connectivity index (χ0n) is 11.4. The van der Waals surface area contributed by atoms with Crippen LogP contribution in [0.1, 0.15) is 31.7 Å². The van der Waals surface area contributed by atoms with E-state index in [0.29, 0.717) is 6.54 Å². The van der Waals surface area contributed by atoms with E-state index >= 15 is 0 Å². The molecule has 0 unspecified atom stereocenters. The van der Waals surface area contributed by atoms with Gasteiger partial charge in [-0.05, 0) is 42.5 Å². The van der Waals surface area contributed by atoms with Crippen LogP contribution in [0.2, 0.25) is 0 Å². The number of aryl methyl sites for hydroxylation is 1. The van der Waals surface area contributed by atoms with E-state index in [1.165, 1.54) is 5.56 Å². The Morgan fingerprint density at radius 2 is 2.00 bits per heavy atom. The maximum Gasteiger partial charge on any atom is 0.119 e. The zero-order valence-corrected chi connectivity index (χ0v) is 13.0. The molecule has 0 aliphatic carbocycles. The molecule has 0 amide bonds. The molecule has 19 heavy (non-hydrogen) atoms. The van der Waals surface area contributed by atoms with Gasteiger partial charge in [0.25, 0.3) is 0 Å². The van der Waals surface area contributed by atoms with Crippen LogP contribution in [-0.2, 0) is 6.42 Å². The van der Waals surface area contributed by atoms with Crippen molar-refractivity contribution in [2.24, 2.45) is 5.73 Å². The van der Waals surface area contributed by atoms with Crippen LogP contribution < -0.4 is 10.5 Å². The van der Waals surface area contributed by atoms with E-state index in [9.17, 15) is 0 Å². The minimum atomic E-state index is 0. The first-order valence-corrected chi connectivity index (χ1v) is 6.93. The van der Waals surface area contributed by atoms with Gasteiger partial charge in [0.15, 0.2) is 0 Å². The van der Waals surface area contributed by atoms with Crippen molar-refractivity contribution in [2.75, 3.05) is 13.2 Å². The molecular formula is C15H23Cl2NO. The molecule has 0 atom stereocenters. The Bertz CT molecular complexity index is 363. The van der Waals surface area contributed by atoms with Crippen molar-refractivity contribution < 1.29 is 4.74 Å². The number of unbranched alkanes of at least 4 members (excludes halogenated alkanes) is 1. The van der Waals surface area contributed by atoms with E-state index in [2.05, 4.69) is 19.1 Å². The Kier molecular flexibility index (Phi) is 10.7. The lowest BCUT2D eigenvalue weighted by atomic mass is 10.1. The first kappa shape index (κ1) is 18.3. The molecule has 0 saturated heterocycles. The second kappa shape index (κ2) is 11.2. The van der Waals surface area contributed by atoms with Gasteiger partial charge in [-0.1, -0.05) is 37.1 Å². The molecule has 1 rings (SSSR count). The molecule has 108 valence electrons. The minimum absolute atomic E-state index is 0. The highest BCUT2D eigenvalue weighted by Crippen LogP contribution is 2.15. The number of hydrogen-bond donors (Lipinski definition) is 1. The van der Waals surface area contributed by atoms with Crippen LogP contribution >= 0.6 is 24.0 Å². The highest BCUT2D eigenvalue weighted by atomic mass is 35.5. The first-order valence-electron chi connectivity index (χ1n) is 6.50. The highest BCUT2D eigenvalue weighted by molar-refractivity contribution is 6.25. The Morgan fingerprint density at radius 1 is 1.32 bits per heavy atom. The number of ether oxygens (including phenoxy) is 1. The van der Waals surface area contributed by atoms with E-state index in [1.54, 1.807) is 5.54 Å². The Hall–Kier alpha value is -0.700. The molecule has 0 bridgehead atoms. The minimum Gasteiger partial charge on any atom is -0.494 e. The monoisotopic (exact) mass is 303 g/mol. The van der Waals surface area contributed by atoms with Crippen molar-refractivity contribution in [1.29, 1.82) is 0 Å². The molecule has 0 saturated carbocycles. The van der Waals surface area contributed by atoms with Crippen LogP contribution in [0.25, 0.3) is 0 Å². The predicted molar refractivity (Wildman–Crippen MR) is 85.4 cm³/mol. The van der Waals surface area contributed by atoms with Crippen LogP contribution in [0.15, 0.2) is 35.4 Å². The molecule has 0 aliphatic rings. The van der Waals surface area contributed by atoms with Gasteiger partial charge in [-0.2, -0.15) is 0 Å². The second-order valence-electron chi connectivity index (χ2n) is 4.32. The molecule has 0 fully saturated rings. The van der Waals surface area contributed by atoms with Crippen LogP contribution in [0.4, 0.5) is 0 Å². The van der Waals surface area contributed by atoms with Gasteiger partial charge < -0.3 is 10.5 Å². The summed E-state index contributed by atoms with van der Waals surface area (Å²) in [6.07, 6.45) is 4.13. The second-order valence-corrected chi connectivity index (χ2v) is 4.54. The fraction of sp³-hybridized carbons (Fsp3) is 0.467.